The van der Waals surface area contributed by atoms with Gasteiger partial charge in [0.05, 0.1) is 36.1 Å². The molecule has 2 aromatic heterocycles. The van der Waals surface area contributed by atoms with Crippen LogP contribution >= 0.6 is 11.3 Å². The van der Waals surface area contributed by atoms with Crippen LogP contribution in [0, 0.1) is 17.3 Å². The van der Waals surface area contributed by atoms with E-state index in [0.29, 0.717) is 32.2 Å². The molecule has 0 saturated carbocycles. The Bertz CT molecular complexity index is 1180. The van der Waals surface area contributed by atoms with Crippen LogP contribution in [0.25, 0.3) is 10.9 Å². The van der Waals surface area contributed by atoms with E-state index < -0.39 is 11.4 Å². The third kappa shape index (κ3) is 5.41. The fourth-order valence-electron chi connectivity index (χ4n) is 4.73. The summed E-state index contributed by atoms with van der Waals surface area (Å²) in [5, 5.41) is 22.9. The van der Waals surface area contributed by atoms with Crippen molar-refractivity contribution in [3.8, 4) is 17.6 Å². The van der Waals surface area contributed by atoms with E-state index in [1.165, 1.54) is 0 Å². The number of rotatable bonds is 8. The Labute approximate surface area is 204 Å². The number of carboxylic acids is 1. The number of methoxy groups -OCH3 is 1. The molecule has 178 valence electrons. The SMILES string of the molecule is COc1ccc2ncc(CO)c(CCCC3(C(=O)O)CCN(CC#Cc4cccs4)CC3)c2c1. The number of benzene rings is 1. The third-order valence-corrected chi connectivity index (χ3v) is 7.62. The maximum atomic E-state index is 12.3. The van der Waals surface area contributed by atoms with Crippen LogP contribution in [0.5, 0.6) is 5.75 Å². The molecule has 2 N–H and O–H groups in total. The zero-order chi connectivity index (χ0) is 24.0. The van der Waals surface area contributed by atoms with Gasteiger partial charge in [0.1, 0.15) is 5.75 Å². The number of hydrogen-bond acceptors (Lipinski definition) is 6. The molecule has 1 aliphatic rings. The molecule has 0 spiro atoms. The lowest BCUT2D eigenvalue weighted by Gasteiger charge is -2.38. The smallest absolute Gasteiger partial charge is 0.309 e. The van der Waals surface area contributed by atoms with Gasteiger partial charge in [-0.25, -0.2) is 0 Å². The molecule has 0 radical (unpaired) electrons. The second-order valence-corrected chi connectivity index (χ2v) is 9.75. The molecule has 7 heteroatoms. The van der Waals surface area contributed by atoms with E-state index in [4.69, 9.17) is 4.74 Å². The van der Waals surface area contributed by atoms with Gasteiger partial charge < -0.3 is 14.9 Å². The summed E-state index contributed by atoms with van der Waals surface area (Å²) in [6.45, 7) is 2.05. The highest BCUT2D eigenvalue weighted by Crippen LogP contribution is 2.37. The maximum absolute atomic E-state index is 12.3. The van der Waals surface area contributed by atoms with Gasteiger partial charge in [-0.3, -0.25) is 14.7 Å². The number of pyridine rings is 1. The van der Waals surface area contributed by atoms with Gasteiger partial charge in [0.15, 0.2) is 0 Å². The lowest BCUT2D eigenvalue weighted by molar-refractivity contribution is -0.152. The van der Waals surface area contributed by atoms with Crippen molar-refractivity contribution in [2.45, 2.75) is 38.7 Å². The maximum Gasteiger partial charge on any atom is 0.309 e. The summed E-state index contributed by atoms with van der Waals surface area (Å²) in [6.07, 6.45) is 4.99. The first kappa shape index (κ1) is 24.2. The number of piperidine rings is 1. The largest absolute Gasteiger partial charge is 0.497 e. The minimum absolute atomic E-state index is 0.0962. The molecule has 0 bridgehead atoms. The summed E-state index contributed by atoms with van der Waals surface area (Å²) in [5.41, 5.74) is 1.94. The number of carbonyl (C=O) groups is 1. The second kappa shape index (κ2) is 11.0. The molecule has 0 amide bonds. The first-order valence-corrected chi connectivity index (χ1v) is 12.5. The highest BCUT2D eigenvalue weighted by atomic mass is 32.1. The van der Waals surface area contributed by atoms with Crippen molar-refractivity contribution < 1.29 is 19.7 Å². The number of aliphatic hydroxyl groups excluding tert-OH is 1. The van der Waals surface area contributed by atoms with Crippen molar-refractivity contribution in [1.82, 2.24) is 9.88 Å². The van der Waals surface area contributed by atoms with E-state index in [1.54, 1.807) is 24.6 Å². The van der Waals surface area contributed by atoms with E-state index in [1.807, 2.05) is 35.7 Å². The number of aromatic nitrogens is 1. The first-order valence-electron chi connectivity index (χ1n) is 11.6. The van der Waals surface area contributed by atoms with Crippen LogP contribution in [-0.2, 0) is 17.8 Å². The number of carboxylic acid groups (broad SMARTS) is 1. The van der Waals surface area contributed by atoms with Gasteiger partial charge in [-0.2, -0.15) is 0 Å². The molecule has 0 unspecified atom stereocenters. The van der Waals surface area contributed by atoms with E-state index >= 15 is 0 Å². The quantitative estimate of drug-likeness (QED) is 0.469. The predicted molar refractivity (Wildman–Crippen MR) is 134 cm³/mol. The molecule has 1 aliphatic heterocycles. The molecule has 1 fully saturated rings. The third-order valence-electron chi connectivity index (χ3n) is 6.83. The number of likely N-dealkylation sites (tertiary alicyclic amines) is 1. The van der Waals surface area contributed by atoms with Crippen molar-refractivity contribution in [1.29, 1.82) is 0 Å². The molecule has 3 aromatic rings. The first-order chi connectivity index (χ1) is 16.5. The van der Waals surface area contributed by atoms with Gasteiger partial charge in [-0.1, -0.05) is 17.9 Å². The minimum Gasteiger partial charge on any atom is -0.497 e. The van der Waals surface area contributed by atoms with E-state index in [0.717, 1.165) is 52.2 Å². The topological polar surface area (TPSA) is 82.9 Å². The van der Waals surface area contributed by atoms with Crippen molar-refractivity contribution in [3.63, 3.8) is 0 Å². The van der Waals surface area contributed by atoms with Gasteiger partial charge >= 0.3 is 5.97 Å². The summed E-state index contributed by atoms with van der Waals surface area (Å²) >= 11 is 1.63. The molecular formula is C27H30N2O4S. The summed E-state index contributed by atoms with van der Waals surface area (Å²) in [4.78, 5) is 20.1. The molecule has 1 saturated heterocycles. The van der Waals surface area contributed by atoms with Crippen LogP contribution in [0.15, 0.2) is 41.9 Å². The number of aliphatic carboxylic acids is 1. The van der Waals surface area contributed by atoms with Gasteiger partial charge in [-0.05, 0) is 72.9 Å². The van der Waals surface area contributed by atoms with Crippen LogP contribution in [0.1, 0.15) is 41.7 Å². The van der Waals surface area contributed by atoms with Crippen molar-refractivity contribution in [3.05, 3.63) is 57.9 Å². The van der Waals surface area contributed by atoms with E-state index in [-0.39, 0.29) is 6.61 Å². The highest BCUT2D eigenvalue weighted by Gasteiger charge is 2.40. The zero-order valence-electron chi connectivity index (χ0n) is 19.4. The molecule has 3 heterocycles. The van der Waals surface area contributed by atoms with Gasteiger partial charge in [0.25, 0.3) is 0 Å². The number of nitrogens with zero attached hydrogens (tertiary/aromatic N) is 2. The summed E-state index contributed by atoms with van der Waals surface area (Å²) in [6, 6.07) is 9.73. The van der Waals surface area contributed by atoms with Crippen molar-refractivity contribution in [2.24, 2.45) is 5.41 Å². The van der Waals surface area contributed by atoms with Gasteiger partial charge in [-0.15, -0.1) is 11.3 Å². The average Bonchev–Trinajstić information content (AvgIpc) is 3.38. The molecule has 0 atom stereocenters. The fourth-order valence-corrected chi connectivity index (χ4v) is 5.32. The van der Waals surface area contributed by atoms with Crippen LogP contribution in [0.2, 0.25) is 0 Å². The molecular weight excluding hydrogens is 448 g/mol. The summed E-state index contributed by atoms with van der Waals surface area (Å²) in [7, 11) is 1.63. The number of ether oxygens (including phenoxy) is 1. The molecule has 1 aromatic carbocycles. The molecule has 0 aliphatic carbocycles. The average molecular weight is 479 g/mol. The normalized spacial score (nSPS) is 15.6. The van der Waals surface area contributed by atoms with Crippen LogP contribution in [0.4, 0.5) is 0 Å². The number of fused-ring (bicyclic) bond motifs is 1. The van der Waals surface area contributed by atoms with Gasteiger partial charge in [0, 0.05) is 24.7 Å². The Morgan fingerprint density at radius 2 is 2.12 bits per heavy atom. The summed E-state index contributed by atoms with van der Waals surface area (Å²) in [5.74, 6) is 6.42. The van der Waals surface area contributed by atoms with Crippen molar-refractivity contribution in [2.75, 3.05) is 26.7 Å². The Morgan fingerprint density at radius 3 is 2.79 bits per heavy atom. The molecule has 4 rings (SSSR count). The Balaban J connectivity index is 1.41. The predicted octanol–water partition coefficient (Wildman–Crippen LogP) is 4.34. The number of thiophene rings is 1. The van der Waals surface area contributed by atoms with E-state index in [9.17, 15) is 15.0 Å². The molecule has 34 heavy (non-hydrogen) atoms. The number of aliphatic hydroxyl groups is 1. The number of aryl methyl sites for hydroxylation is 1. The van der Waals surface area contributed by atoms with Crippen LogP contribution < -0.4 is 4.74 Å². The van der Waals surface area contributed by atoms with Crippen LogP contribution in [0.3, 0.4) is 0 Å². The Hall–Kier alpha value is -2.92. The second-order valence-electron chi connectivity index (χ2n) is 8.80. The lowest BCUT2D eigenvalue weighted by atomic mass is 9.74. The zero-order valence-corrected chi connectivity index (χ0v) is 20.2. The fraction of sp³-hybridized carbons (Fsp3) is 0.407. The molecule has 6 nitrogen and oxygen atoms in total. The monoisotopic (exact) mass is 478 g/mol. The van der Waals surface area contributed by atoms with E-state index in [2.05, 4.69) is 21.7 Å². The Morgan fingerprint density at radius 1 is 1.29 bits per heavy atom. The van der Waals surface area contributed by atoms with Crippen LogP contribution in [-0.4, -0.2) is 52.8 Å². The highest BCUT2D eigenvalue weighted by molar-refractivity contribution is 7.10. The standard InChI is InChI=1S/C27H30N2O4S/c1-33-21-8-9-25-24(17-21)23(20(19-30)18-28-25)7-2-10-27(26(31)32)11-14-29(15-12-27)13-3-5-22-6-4-16-34-22/h4,6,8-9,16-18,30H,2,7,10-15,19H2,1H3,(H,31,32). The van der Waals surface area contributed by atoms with Crippen molar-refractivity contribution >= 4 is 28.2 Å². The van der Waals surface area contributed by atoms with Gasteiger partial charge in [0.2, 0.25) is 0 Å². The summed E-state index contributed by atoms with van der Waals surface area (Å²) < 4.78 is 5.38. The Kier molecular flexibility index (Phi) is 7.84. The number of hydrogen-bond donors (Lipinski definition) is 2. The minimum atomic E-state index is -0.711. The lowest BCUT2D eigenvalue weighted by Crippen LogP contribution is -2.44.